The van der Waals surface area contributed by atoms with Crippen molar-refractivity contribution in [3.8, 4) is 17.2 Å². The Bertz CT molecular complexity index is 1600. The van der Waals surface area contributed by atoms with Crippen LogP contribution in [0.5, 0.6) is 17.2 Å². The zero-order chi connectivity index (χ0) is 28.3. The molecule has 0 amide bonds. The molecule has 0 saturated heterocycles. The molecule has 3 aromatic rings. The van der Waals surface area contributed by atoms with Crippen molar-refractivity contribution in [3.05, 3.63) is 107 Å². The van der Waals surface area contributed by atoms with Crippen LogP contribution in [0.15, 0.2) is 65.3 Å². The van der Waals surface area contributed by atoms with Crippen molar-refractivity contribution < 1.29 is 33.8 Å². The van der Waals surface area contributed by atoms with Gasteiger partial charge < -0.3 is 14.2 Å². The maximum atomic E-state index is 12.4. The molecule has 0 radical (unpaired) electrons. The minimum absolute atomic E-state index is 0.0719. The molecule has 0 unspecified atom stereocenters. The number of aliphatic imine (C=N–C) groups is 1. The van der Waals surface area contributed by atoms with Crippen molar-refractivity contribution >= 4 is 46.6 Å². The molecule has 39 heavy (non-hydrogen) atoms. The first-order chi connectivity index (χ1) is 18.6. The summed E-state index contributed by atoms with van der Waals surface area (Å²) in [5.41, 5.74) is -0.983. The van der Waals surface area contributed by atoms with Crippen LogP contribution in [-0.4, -0.2) is 33.2 Å². The Hall–Kier alpha value is -5.37. The van der Waals surface area contributed by atoms with Gasteiger partial charge in [-0.1, -0.05) is 17.7 Å². The third-order valence-electron chi connectivity index (χ3n) is 5.15. The summed E-state index contributed by atoms with van der Waals surface area (Å²) in [5.74, 6) is -0.974. The second-order valence-electron chi connectivity index (χ2n) is 7.67. The van der Waals surface area contributed by atoms with E-state index >= 15 is 0 Å². The van der Waals surface area contributed by atoms with Crippen molar-refractivity contribution in [1.82, 2.24) is 0 Å². The number of carbonyl (C=O) groups excluding carboxylic acids is 1. The fraction of sp³-hybridized carbons (Fsp3) is 0.0833. The van der Waals surface area contributed by atoms with E-state index in [1.165, 1.54) is 36.4 Å². The number of ether oxygens (including phenoxy) is 3. The van der Waals surface area contributed by atoms with Crippen molar-refractivity contribution in [2.75, 3.05) is 6.61 Å². The molecule has 0 spiro atoms. The van der Waals surface area contributed by atoms with Gasteiger partial charge in [0.2, 0.25) is 11.6 Å². The predicted octanol–water partition coefficient (Wildman–Crippen LogP) is 5.60. The largest absolute Gasteiger partial charge is 0.490 e. The van der Waals surface area contributed by atoms with Gasteiger partial charge in [0.15, 0.2) is 17.2 Å². The molecule has 0 fully saturated rings. The van der Waals surface area contributed by atoms with Gasteiger partial charge in [-0.3, -0.25) is 30.3 Å². The molecular formula is C24H15ClN4O10. The van der Waals surface area contributed by atoms with Gasteiger partial charge >= 0.3 is 11.7 Å². The third kappa shape index (κ3) is 5.80. The van der Waals surface area contributed by atoms with Gasteiger partial charge in [-0.2, -0.15) is 0 Å². The summed E-state index contributed by atoms with van der Waals surface area (Å²) >= 11 is 5.83. The molecule has 4 rings (SSSR count). The van der Waals surface area contributed by atoms with Gasteiger partial charge in [0.05, 0.1) is 27.4 Å². The zero-order valence-electron chi connectivity index (χ0n) is 19.7. The number of carbonyl (C=O) groups is 1. The Labute approximate surface area is 223 Å². The first-order valence-corrected chi connectivity index (χ1v) is 11.3. The Morgan fingerprint density at radius 1 is 0.897 bits per heavy atom. The van der Waals surface area contributed by atoms with Crippen LogP contribution in [0.2, 0.25) is 5.02 Å². The van der Waals surface area contributed by atoms with Crippen LogP contribution in [0.25, 0.3) is 6.08 Å². The number of non-ortho nitro benzene ring substituents is 1. The molecule has 15 heteroatoms. The monoisotopic (exact) mass is 554 g/mol. The first kappa shape index (κ1) is 26.7. The number of rotatable bonds is 9. The van der Waals surface area contributed by atoms with Crippen molar-refractivity contribution in [3.63, 3.8) is 0 Å². The molecule has 3 aromatic carbocycles. The minimum atomic E-state index is -0.807. The van der Waals surface area contributed by atoms with Crippen LogP contribution < -0.4 is 9.47 Å². The predicted molar refractivity (Wildman–Crippen MR) is 136 cm³/mol. The maximum absolute atomic E-state index is 12.4. The highest BCUT2D eigenvalue weighted by Crippen LogP contribution is 2.39. The van der Waals surface area contributed by atoms with Gasteiger partial charge in [-0.05, 0) is 48.9 Å². The minimum Gasteiger partial charge on any atom is -0.490 e. The van der Waals surface area contributed by atoms with Gasteiger partial charge in [0.1, 0.15) is 5.02 Å². The van der Waals surface area contributed by atoms with Crippen LogP contribution in [0.4, 0.5) is 17.1 Å². The zero-order valence-corrected chi connectivity index (χ0v) is 20.5. The van der Waals surface area contributed by atoms with Crippen LogP contribution in [0.3, 0.4) is 0 Å². The topological polar surface area (TPSA) is 187 Å². The Balaban J connectivity index is 1.66. The van der Waals surface area contributed by atoms with Crippen molar-refractivity contribution in [2.45, 2.75) is 6.92 Å². The van der Waals surface area contributed by atoms with E-state index in [0.717, 1.165) is 24.3 Å². The van der Waals surface area contributed by atoms with Crippen LogP contribution in [0, 0.1) is 30.3 Å². The highest BCUT2D eigenvalue weighted by Gasteiger charge is 2.27. The summed E-state index contributed by atoms with van der Waals surface area (Å²) in [6.45, 7) is 1.89. The van der Waals surface area contributed by atoms with Gasteiger partial charge in [-0.25, -0.2) is 9.79 Å². The molecule has 198 valence electrons. The normalized spacial score (nSPS) is 13.5. The maximum Gasteiger partial charge on any atom is 0.363 e. The summed E-state index contributed by atoms with van der Waals surface area (Å²) in [6, 6.07) is 11.2. The van der Waals surface area contributed by atoms with E-state index in [1.54, 1.807) is 6.92 Å². The number of hydrogen-bond acceptors (Lipinski definition) is 11. The van der Waals surface area contributed by atoms with Crippen LogP contribution in [0.1, 0.15) is 18.1 Å². The standard InChI is InChI=1S/C24H15ClN4O10/c1-2-37-22-10-13(3-7-21(22)38-20-8-5-15(27(31)32)12-19(20)29(35)36)9-17-24(30)39-23(26-17)14-4-6-16(25)18(11-14)28(33)34/h3-12H,2H2,1H3/b17-9-. The molecule has 0 bridgehead atoms. The summed E-state index contributed by atoms with van der Waals surface area (Å²) in [6.07, 6.45) is 1.38. The van der Waals surface area contributed by atoms with E-state index in [9.17, 15) is 35.1 Å². The smallest absolute Gasteiger partial charge is 0.363 e. The lowest BCUT2D eigenvalue weighted by Crippen LogP contribution is -2.06. The number of benzene rings is 3. The summed E-state index contributed by atoms with van der Waals surface area (Å²) in [4.78, 5) is 47.9. The molecule has 0 aromatic heterocycles. The number of halogens is 1. The van der Waals surface area contributed by atoms with Gasteiger partial charge in [0.25, 0.3) is 11.4 Å². The molecule has 1 aliphatic rings. The quantitative estimate of drug-likeness (QED) is 0.139. The molecule has 0 N–H and O–H groups in total. The van der Waals surface area contributed by atoms with Gasteiger partial charge in [-0.15, -0.1) is 0 Å². The Morgan fingerprint density at radius 2 is 1.62 bits per heavy atom. The fourth-order valence-electron chi connectivity index (χ4n) is 3.41. The average molecular weight is 555 g/mol. The second kappa shape index (κ2) is 10.9. The second-order valence-corrected chi connectivity index (χ2v) is 8.07. The lowest BCUT2D eigenvalue weighted by Gasteiger charge is -2.12. The molecule has 1 heterocycles. The van der Waals surface area contributed by atoms with E-state index in [1.807, 2.05) is 0 Å². The summed E-state index contributed by atoms with van der Waals surface area (Å²) in [5, 5.41) is 33.5. The highest BCUT2D eigenvalue weighted by atomic mass is 35.5. The lowest BCUT2D eigenvalue weighted by atomic mass is 10.1. The lowest BCUT2D eigenvalue weighted by molar-refractivity contribution is -0.394. The van der Waals surface area contributed by atoms with Crippen LogP contribution >= 0.6 is 11.6 Å². The van der Waals surface area contributed by atoms with E-state index in [4.69, 9.17) is 25.8 Å². The molecule has 1 aliphatic heterocycles. The third-order valence-corrected chi connectivity index (χ3v) is 5.47. The Morgan fingerprint density at radius 3 is 2.28 bits per heavy atom. The molecule has 0 aliphatic carbocycles. The molecular weight excluding hydrogens is 540 g/mol. The molecule has 14 nitrogen and oxygen atoms in total. The number of esters is 1. The van der Waals surface area contributed by atoms with E-state index in [2.05, 4.69) is 4.99 Å². The fourth-order valence-corrected chi connectivity index (χ4v) is 3.60. The number of cyclic esters (lactones) is 1. The van der Waals surface area contributed by atoms with Crippen molar-refractivity contribution in [2.24, 2.45) is 4.99 Å². The van der Waals surface area contributed by atoms with Crippen molar-refractivity contribution in [1.29, 1.82) is 0 Å². The van der Waals surface area contributed by atoms with E-state index < -0.39 is 32.1 Å². The SMILES string of the molecule is CCOc1cc(/C=C2\N=C(c3ccc(Cl)c([N+](=O)[O-])c3)OC2=O)ccc1Oc1ccc([N+](=O)[O-])cc1[N+](=O)[O-]. The molecule has 0 atom stereocenters. The molecule has 0 saturated carbocycles. The number of nitro benzene ring substituents is 3. The van der Waals surface area contributed by atoms with E-state index in [-0.39, 0.29) is 51.7 Å². The number of nitro groups is 3. The number of nitrogens with zero attached hydrogens (tertiary/aromatic N) is 4. The summed E-state index contributed by atoms with van der Waals surface area (Å²) in [7, 11) is 0. The van der Waals surface area contributed by atoms with Crippen LogP contribution in [-0.2, 0) is 9.53 Å². The van der Waals surface area contributed by atoms with Gasteiger partial charge in [0, 0.05) is 17.7 Å². The number of hydrogen-bond donors (Lipinski definition) is 0. The summed E-state index contributed by atoms with van der Waals surface area (Å²) < 4.78 is 16.4. The van der Waals surface area contributed by atoms with E-state index in [0.29, 0.717) is 5.56 Å². The Kier molecular flexibility index (Phi) is 7.48. The average Bonchev–Trinajstić information content (AvgIpc) is 3.25. The first-order valence-electron chi connectivity index (χ1n) is 10.9. The highest BCUT2D eigenvalue weighted by molar-refractivity contribution is 6.32.